The Labute approximate surface area is 114 Å². The number of pyridine rings is 1. The van der Waals surface area contributed by atoms with Gasteiger partial charge in [-0.1, -0.05) is 24.8 Å². The summed E-state index contributed by atoms with van der Waals surface area (Å²) in [6.07, 6.45) is 2.32. The fourth-order valence-electron chi connectivity index (χ4n) is 1.39. The van der Waals surface area contributed by atoms with Crippen molar-refractivity contribution >= 4 is 23.5 Å². The Bertz CT molecular complexity index is 556. The molecule has 0 bridgehead atoms. The molecule has 2 aromatic rings. The Morgan fingerprint density at radius 2 is 2.32 bits per heavy atom. The first-order valence-electron chi connectivity index (χ1n) is 5.73. The molecule has 3 N–H and O–H groups in total. The molecule has 7 nitrogen and oxygen atoms in total. The van der Waals surface area contributed by atoms with Crippen LogP contribution in [0.3, 0.4) is 0 Å². The van der Waals surface area contributed by atoms with Gasteiger partial charge in [0, 0.05) is 12.6 Å². The van der Waals surface area contributed by atoms with E-state index in [-0.39, 0.29) is 11.7 Å². The number of thioether (sulfide) groups is 1. The van der Waals surface area contributed by atoms with Crippen LogP contribution in [0.2, 0.25) is 0 Å². The highest BCUT2D eigenvalue weighted by Crippen LogP contribution is 2.14. The van der Waals surface area contributed by atoms with Crippen molar-refractivity contribution in [1.29, 1.82) is 0 Å². The van der Waals surface area contributed by atoms with Crippen LogP contribution in [-0.2, 0) is 11.2 Å². The first-order valence-corrected chi connectivity index (χ1v) is 6.72. The minimum absolute atomic E-state index is 0.162. The van der Waals surface area contributed by atoms with Crippen LogP contribution in [0, 0.1) is 0 Å². The standard InChI is InChI=1S/C11H14N6OS/c1-2-9-15-16-11(17(9)12)19-7-10(18)14-8-5-3-4-6-13-8/h3-6H,2,7,12H2,1H3,(H,13,14,18). The fourth-order valence-corrected chi connectivity index (χ4v) is 2.07. The fraction of sp³-hybridized carbons (Fsp3) is 0.273. The van der Waals surface area contributed by atoms with Crippen molar-refractivity contribution in [3.63, 3.8) is 0 Å². The van der Waals surface area contributed by atoms with Gasteiger partial charge in [0.05, 0.1) is 5.75 Å². The second-order valence-corrected chi connectivity index (χ2v) is 4.62. The second kappa shape index (κ2) is 6.19. The van der Waals surface area contributed by atoms with Crippen LogP contribution < -0.4 is 11.2 Å². The molecule has 0 aliphatic rings. The van der Waals surface area contributed by atoms with Crippen molar-refractivity contribution in [2.75, 3.05) is 16.9 Å². The zero-order valence-electron chi connectivity index (χ0n) is 10.4. The predicted octanol–water partition coefficient (Wildman–Crippen LogP) is 0.680. The summed E-state index contributed by atoms with van der Waals surface area (Å²) < 4.78 is 1.40. The van der Waals surface area contributed by atoms with Crippen LogP contribution in [0.15, 0.2) is 29.6 Å². The van der Waals surface area contributed by atoms with Crippen LogP contribution >= 0.6 is 11.8 Å². The van der Waals surface area contributed by atoms with E-state index >= 15 is 0 Å². The van der Waals surface area contributed by atoms with E-state index in [2.05, 4.69) is 20.5 Å². The molecule has 100 valence electrons. The van der Waals surface area contributed by atoms with Gasteiger partial charge < -0.3 is 11.2 Å². The summed E-state index contributed by atoms with van der Waals surface area (Å²) in [5.74, 6) is 7.03. The van der Waals surface area contributed by atoms with Gasteiger partial charge in [0.25, 0.3) is 0 Å². The lowest BCUT2D eigenvalue weighted by Gasteiger charge is -2.04. The molecule has 0 fully saturated rings. The van der Waals surface area contributed by atoms with Crippen molar-refractivity contribution in [2.24, 2.45) is 0 Å². The quantitative estimate of drug-likeness (QED) is 0.616. The summed E-state index contributed by atoms with van der Waals surface area (Å²) in [6, 6.07) is 5.32. The summed E-state index contributed by atoms with van der Waals surface area (Å²) >= 11 is 1.24. The molecule has 0 aliphatic carbocycles. The minimum atomic E-state index is -0.162. The number of carbonyl (C=O) groups excluding carboxylic acids is 1. The maximum atomic E-state index is 11.7. The molecular formula is C11H14N6OS. The van der Waals surface area contributed by atoms with Crippen molar-refractivity contribution < 1.29 is 4.79 Å². The van der Waals surface area contributed by atoms with Gasteiger partial charge in [-0.25, -0.2) is 9.66 Å². The first-order chi connectivity index (χ1) is 9.20. The highest BCUT2D eigenvalue weighted by Gasteiger charge is 2.11. The van der Waals surface area contributed by atoms with Gasteiger partial charge in [-0.3, -0.25) is 4.79 Å². The number of nitrogens with two attached hydrogens (primary N) is 1. The molecule has 2 rings (SSSR count). The molecule has 19 heavy (non-hydrogen) atoms. The molecule has 1 amide bonds. The van der Waals surface area contributed by atoms with Crippen LogP contribution in [0.4, 0.5) is 5.82 Å². The maximum Gasteiger partial charge on any atom is 0.236 e. The highest BCUT2D eigenvalue weighted by atomic mass is 32.2. The summed E-state index contributed by atoms with van der Waals surface area (Å²) in [7, 11) is 0. The van der Waals surface area contributed by atoms with E-state index in [1.165, 1.54) is 16.4 Å². The van der Waals surface area contributed by atoms with Crippen molar-refractivity contribution in [2.45, 2.75) is 18.5 Å². The number of aromatic nitrogens is 4. The van der Waals surface area contributed by atoms with Gasteiger partial charge in [-0.05, 0) is 12.1 Å². The normalized spacial score (nSPS) is 10.4. The number of aryl methyl sites for hydroxylation is 1. The number of hydrogen-bond donors (Lipinski definition) is 2. The van der Waals surface area contributed by atoms with Gasteiger partial charge in [-0.2, -0.15) is 0 Å². The topological polar surface area (TPSA) is 98.7 Å². The second-order valence-electron chi connectivity index (χ2n) is 3.67. The molecule has 0 aromatic carbocycles. The number of nitrogen functional groups attached to an aromatic ring is 1. The van der Waals surface area contributed by atoms with Gasteiger partial charge >= 0.3 is 0 Å². The van der Waals surface area contributed by atoms with Gasteiger partial charge in [-0.15, -0.1) is 10.2 Å². The summed E-state index contributed by atoms with van der Waals surface area (Å²) in [6.45, 7) is 1.94. The van der Waals surface area contributed by atoms with Crippen LogP contribution in [0.1, 0.15) is 12.7 Å². The largest absolute Gasteiger partial charge is 0.336 e. The van der Waals surface area contributed by atoms with E-state index in [1.54, 1.807) is 24.4 Å². The number of rotatable bonds is 5. The number of amides is 1. The maximum absolute atomic E-state index is 11.7. The van der Waals surface area contributed by atoms with E-state index in [4.69, 9.17) is 5.84 Å². The number of nitrogens with zero attached hydrogens (tertiary/aromatic N) is 4. The number of carbonyl (C=O) groups is 1. The highest BCUT2D eigenvalue weighted by molar-refractivity contribution is 7.99. The zero-order chi connectivity index (χ0) is 13.7. The van der Waals surface area contributed by atoms with E-state index in [0.717, 1.165) is 0 Å². The Balaban J connectivity index is 1.88. The van der Waals surface area contributed by atoms with Crippen LogP contribution in [0.5, 0.6) is 0 Å². The molecule has 0 saturated heterocycles. The monoisotopic (exact) mass is 278 g/mol. The Kier molecular flexibility index (Phi) is 4.35. The lowest BCUT2D eigenvalue weighted by atomic mass is 10.4. The Morgan fingerprint density at radius 1 is 1.47 bits per heavy atom. The number of anilines is 1. The third kappa shape index (κ3) is 3.44. The number of hydrogen-bond acceptors (Lipinski definition) is 6. The molecule has 0 spiro atoms. The van der Waals surface area contributed by atoms with Gasteiger partial charge in [0.2, 0.25) is 11.1 Å². The van der Waals surface area contributed by atoms with Crippen molar-refractivity contribution in [3.05, 3.63) is 30.2 Å². The first kappa shape index (κ1) is 13.3. The van der Waals surface area contributed by atoms with Crippen LogP contribution in [-0.4, -0.2) is 31.5 Å². The predicted molar refractivity (Wildman–Crippen MR) is 73.1 cm³/mol. The molecule has 0 unspecified atom stereocenters. The van der Waals surface area contributed by atoms with Gasteiger partial charge in [0.15, 0.2) is 5.82 Å². The molecule has 0 radical (unpaired) electrons. The third-order valence-electron chi connectivity index (χ3n) is 2.32. The minimum Gasteiger partial charge on any atom is -0.336 e. The average Bonchev–Trinajstić information content (AvgIpc) is 2.78. The molecule has 8 heteroatoms. The SMILES string of the molecule is CCc1nnc(SCC(=O)Nc2ccccn2)n1N. The summed E-state index contributed by atoms with van der Waals surface area (Å²) in [5, 5.41) is 11.0. The van der Waals surface area contributed by atoms with E-state index < -0.39 is 0 Å². The third-order valence-corrected chi connectivity index (χ3v) is 3.26. The zero-order valence-corrected chi connectivity index (χ0v) is 11.2. The molecule has 0 atom stereocenters. The van der Waals surface area contributed by atoms with Crippen molar-refractivity contribution in [1.82, 2.24) is 19.9 Å². The average molecular weight is 278 g/mol. The molecule has 2 aromatic heterocycles. The van der Waals surface area contributed by atoms with Crippen LogP contribution in [0.25, 0.3) is 0 Å². The molecule has 0 aliphatic heterocycles. The van der Waals surface area contributed by atoms with Crippen molar-refractivity contribution in [3.8, 4) is 0 Å². The molecule has 0 saturated carbocycles. The molecule has 2 heterocycles. The Hall–Kier alpha value is -2.09. The number of nitrogens with one attached hydrogen (secondary N) is 1. The van der Waals surface area contributed by atoms with E-state index in [9.17, 15) is 4.79 Å². The van der Waals surface area contributed by atoms with E-state index in [1.807, 2.05) is 6.92 Å². The lowest BCUT2D eigenvalue weighted by Crippen LogP contribution is -2.17. The molecular weight excluding hydrogens is 264 g/mol. The summed E-state index contributed by atoms with van der Waals surface area (Å²) in [5.41, 5.74) is 0. The van der Waals surface area contributed by atoms with E-state index in [0.29, 0.717) is 23.2 Å². The van der Waals surface area contributed by atoms with Gasteiger partial charge in [0.1, 0.15) is 5.82 Å². The Morgan fingerprint density at radius 3 is 2.95 bits per heavy atom. The summed E-state index contributed by atoms with van der Waals surface area (Å²) in [4.78, 5) is 15.7. The smallest absolute Gasteiger partial charge is 0.236 e. The lowest BCUT2D eigenvalue weighted by molar-refractivity contribution is -0.113.